The Labute approximate surface area is 174 Å². The van der Waals surface area contributed by atoms with Gasteiger partial charge in [-0.3, -0.25) is 13.9 Å². The summed E-state index contributed by atoms with van der Waals surface area (Å²) in [5.41, 5.74) is -0.314. The van der Waals surface area contributed by atoms with E-state index in [1.807, 2.05) is 0 Å². The minimum absolute atomic E-state index is 0.0591. The third kappa shape index (κ3) is 6.86. The van der Waals surface area contributed by atoms with E-state index in [-0.39, 0.29) is 38.4 Å². The zero-order chi connectivity index (χ0) is 22.0. The van der Waals surface area contributed by atoms with Gasteiger partial charge >= 0.3 is 13.3 Å². The largest absolute Gasteiger partial charge is 0.394 e. The molecule has 1 aromatic carbocycles. The Morgan fingerprint density at radius 1 is 1.20 bits per heavy atom. The van der Waals surface area contributed by atoms with Crippen molar-refractivity contribution in [3.05, 3.63) is 58.6 Å². The van der Waals surface area contributed by atoms with Crippen LogP contribution < -0.4 is 11.0 Å². The fourth-order valence-corrected chi connectivity index (χ4v) is 4.35. The Kier molecular flexibility index (Phi) is 9.35. The SMILES string of the molecule is CCOP(=O)(C[C@H](OCCO)n1ccc(NC(=O)c2ccccc2)nc1=O)OCC. The van der Waals surface area contributed by atoms with Crippen LogP contribution >= 0.6 is 7.60 Å². The van der Waals surface area contributed by atoms with Crippen LogP contribution in [0.4, 0.5) is 5.82 Å². The number of carbonyl (C=O) groups excluding carboxylic acids is 1. The molecule has 1 heterocycles. The highest BCUT2D eigenvalue weighted by Gasteiger charge is 2.31. The van der Waals surface area contributed by atoms with Gasteiger partial charge in [0.25, 0.3) is 5.91 Å². The summed E-state index contributed by atoms with van der Waals surface area (Å²) >= 11 is 0. The van der Waals surface area contributed by atoms with Gasteiger partial charge in [-0.05, 0) is 32.0 Å². The molecule has 1 atom stereocenters. The van der Waals surface area contributed by atoms with Crippen molar-refractivity contribution in [3.63, 3.8) is 0 Å². The molecular formula is C19H26N3O7P. The first-order valence-electron chi connectivity index (χ1n) is 9.48. The molecule has 0 saturated heterocycles. The summed E-state index contributed by atoms with van der Waals surface area (Å²) in [6.45, 7) is 3.27. The molecule has 2 rings (SSSR count). The van der Waals surface area contributed by atoms with E-state index >= 15 is 0 Å². The lowest BCUT2D eigenvalue weighted by Crippen LogP contribution is -2.32. The minimum Gasteiger partial charge on any atom is -0.394 e. The maximum absolute atomic E-state index is 12.9. The van der Waals surface area contributed by atoms with Crippen LogP contribution in [0.1, 0.15) is 30.4 Å². The smallest absolute Gasteiger partial charge is 0.351 e. The average molecular weight is 439 g/mol. The lowest BCUT2D eigenvalue weighted by Gasteiger charge is -2.24. The van der Waals surface area contributed by atoms with Crippen molar-refractivity contribution in [2.75, 3.05) is 37.9 Å². The number of aliphatic hydroxyl groups excluding tert-OH is 1. The molecule has 0 spiro atoms. The van der Waals surface area contributed by atoms with Crippen molar-refractivity contribution in [1.29, 1.82) is 0 Å². The molecule has 0 unspecified atom stereocenters. The highest BCUT2D eigenvalue weighted by Crippen LogP contribution is 2.50. The van der Waals surface area contributed by atoms with Crippen LogP contribution in [-0.2, 0) is 18.3 Å². The number of rotatable bonds is 12. The van der Waals surface area contributed by atoms with E-state index in [0.717, 1.165) is 4.57 Å². The van der Waals surface area contributed by atoms with Crippen molar-refractivity contribution in [3.8, 4) is 0 Å². The van der Waals surface area contributed by atoms with Gasteiger partial charge in [0.2, 0.25) is 0 Å². The molecule has 10 nitrogen and oxygen atoms in total. The topological polar surface area (TPSA) is 129 Å². The van der Waals surface area contributed by atoms with Crippen LogP contribution in [0.2, 0.25) is 0 Å². The van der Waals surface area contributed by atoms with Crippen LogP contribution in [0.25, 0.3) is 0 Å². The first kappa shape index (κ1) is 23.9. The van der Waals surface area contributed by atoms with Gasteiger partial charge < -0.3 is 24.2 Å². The number of anilines is 1. The third-order valence-electron chi connectivity index (χ3n) is 3.85. The molecule has 0 radical (unpaired) electrons. The Bertz CT molecular complexity index is 910. The maximum atomic E-state index is 12.9. The molecule has 0 aliphatic rings. The van der Waals surface area contributed by atoms with Crippen LogP contribution in [-0.4, -0.2) is 53.2 Å². The minimum atomic E-state index is -3.54. The molecule has 0 fully saturated rings. The fourth-order valence-electron chi connectivity index (χ4n) is 2.62. The number of aliphatic hydroxyl groups is 1. The number of nitrogens with zero attached hydrogens (tertiary/aromatic N) is 2. The number of amides is 1. The number of aromatic nitrogens is 2. The number of hydrogen-bond donors (Lipinski definition) is 2. The quantitative estimate of drug-likeness (QED) is 0.482. The molecule has 2 N–H and O–H groups in total. The third-order valence-corrected chi connectivity index (χ3v) is 5.91. The molecule has 1 aromatic heterocycles. The predicted octanol–water partition coefficient (Wildman–Crippen LogP) is 2.27. The zero-order valence-electron chi connectivity index (χ0n) is 16.9. The van der Waals surface area contributed by atoms with E-state index < -0.39 is 25.4 Å². The van der Waals surface area contributed by atoms with Gasteiger partial charge in [0.05, 0.1) is 32.6 Å². The number of hydrogen-bond acceptors (Lipinski definition) is 8. The summed E-state index contributed by atoms with van der Waals surface area (Å²) in [5.74, 6) is -0.352. The summed E-state index contributed by atoms with van der Waals surface area (Å²) in [5, 5.41) is 11.6. The van der Waals surface area contributed by atoms with E-state index in [1.54, 1.807) is 44.2 Å². The number of benzene rings is 1. The van der Waals surface area contributed by atoms with Crippen LogP contribution in [0.15, 0.2) is 47.4 Å². The molecule has 0 saturated carbocycles. The van der Waals surface area contributed by atoms with Gasteiger partial charge in [-0.1, -0.05) is 18.2 Å². The van der Waals surface area contributed by atoms with E-state index in [0.29, 0.717) is 5.56 Å². The molecule has 2 aromatic rings. The van der Waals surface area contributed by atoms with Gasteiger partial charge in [-0.2, -0.15) is 4.98 Å². The highest BCUT2D eigenvalue weighted by atomic mass is 31.2. The lowest BCUT2D eigenvalue weighted by atomic mass is 10.2. The zero-order valence-corrected chi connectivity index (χ0v) is 17.8. The summed E-state index contributed by atoms with van der Waals surface area (Å²) in [6, 6.07) is 9.91. The van der Waals surface area contributed by atoms with E-state index in [2.05, 4.69) is 10.3 Å². The molecule has 1 amide bonds. The van der Waals surface area contributed by atoms with E-state index in [1.165, 1.54) is 12.3 Å². The number of nitrogens with one attached hydrogen (secondary N) is 1. The Morgan fingerprint density at radius 2 is 1.87 bits per heavy atom. The monoisotopic (exact) mass is 439 g/mol. The molecule has 0 bridgehead atoms. The van der Waals surface area contributed by atoms with Gasteiger partial charge in [0, 0.05) is 11.8 Å². The van der Waals surface area contributed by atoms with Crippen LogP contribution in [0, 0.1) is 0 Å². The van der Waals surface area contributed by atoms with Crippen molar-refractivity contribution in [2.45, 2.75) is 20.1 Å². The number of carbonyl (C=O) groups is 1. The number of ether oxygens (including phenoxy) is 1. The predicted molar refractivity (Wildman–Crippen MR) is 111 cm³/mol. The van der Waals surface area contributed by atoms with Gasteiger partial charge in [-0.25, -0.2) is 4.79 Å². The van der Waals surface area contributed by atoms with Gasteiger partial charge in [0.15, 0.2) is 0 Å². The van der Waals surface area contributed by atoms with Crippen molar-refractivity contribution in [1.82, 2.24) is 9.55 Å². The van der Waals surface area contributed by atoms with Crippen molar-refractivity contribution in [2.24, 2.45) is 0 Å². The Hall–Kier alpha value is -2.36. The van der Waals surface area contributed by atoms with Crippen molar-refractivity contribution >= 4 is 19.3 Å². The summed E-state index contributed by atoms with van der Waals surface area (Å²) in [6.07, 6.45) is 0.0756. The molecule has 164 valence electrons. The highest BCUT2D eigenvalue weighted by molar-refractivity contribution is 7.53. The van der Waals surface area contributed by atoms with E-state index in [4.69, 9.17) is 18.9 Å². The molecule has 0 aliphatic carbocycles. The second kappa shape index (κ2) is 11.7. The van der Waals surface area contributed by atoms with Crippen LogP contribution in [0.5, 0.6) is 0 Å². The first-order chi connectivity index (χ1) is 14.4. The summed E-state index contributed by atoms with van der Waals surface area (Å²) in [4.78, 5) is 28.6. The second-order valence-electron chi connectivity index (χ2n) is 6.00. The average Bonchev–Trinajstić information content (AvgIpc) is 2.72. The second-order valence-corrected chi connectivity index (χ2v) is 8.10. The first-order valence-corrected chi connectivity index (χ1v) is 11.2. The summed E-state index contributed by atoms with van der Waals surface area (Å²) in [7, 11) is -3.54. The Morgan fingerprint density at radius 3 is 2.43 bits per heavy atom. The van der Waals surface area contributed by atoms with Gasteiger partial charge in [0.1, 0.15) is 12.0 Å². The molecule has 0 aliphatic heterocycles. The fraction of sp³-hybridized carbons (Fsp3) is 0.421. The molecule has 11 heteroatoms. The van der Waals surface area contributed by atoms with Crippen molar-refractivity contribution < 1.29 is 28.3 Å². The molecular weight excluding hydrogens is 413 g/mol. The normalized spacial score (nSPS) is 12.5. The standard InChI is InChI=1S/C19H26N3O7P/c1-3-28-30(26,29-4-2)14-17(27-13-12-23)22-11-10-16(21-19(22)25)20-18(24)15-8-6-5-7-9-15/h5-11,17,23H,3-4,12-14H2,1-2H3,(H,20,21,24,25)/t17-/m0/s1. The maximum Gasteiger partial charge on any atom is 0.351 e. The van der Waals surface area contributed by atoms with Crippen LogP contribution in [0.3, 0.4) is 0 Å². The lowest BCUT2D eigenvalue weighted by molar-refractivity contribution is -0.00733. The Balaban J connectivity index is 2.23. The van der Waals surface area contributed by atoms with Gasteiger partial charge in [-0.15, -0.1) is 0 Å². The molecule has 30 heavy (non-hydrogen) atoms. The summed E-state index contributed by atoms with van der Waals surface area (Å²) < 4.78 is 30.0. The van der Waals surface area contributed by atoms with E-state index in [9.17, 15) is 14.2 Å².